The van der Waals surface area contributed by atoms with Crippen LogP contribution in [0.2, 0.25) is 0 Å². The average Bonchev–Trinajstić information content (AvgIpc) is 3.06. The van der Waals surface area contributed by atoms with Gasteiger partial charge in [-0.25, -0.2) is 4.98 Å². The molecule has 1 aliphatic rings. The monoisotopic (exact) mass is 379 g/mol. The molecule has 1 amide bonds. The lowest BCUT2D eigenvalue weighted by Gasteiger charge is -2.34. The lowest BCUT2D eigenvalue weighted by molar-refractivity contribution is 0.0746. The topological polar surface area (TPSA) is 36.4 Å². The molecule has 0 spiro atoms. The molecule has 0 radical (unpaired) electrons. The van der Waals surface area contributed by atoms with E-state index in [4.69, 9.17) is 4.98 Å². The van der Waals surface area contributed by atoms with Crippen LogP contribution in [-0.2, 0) is 0 Å². The minimum Gasteiger partial charge on any atom is -0.345 e. The zero-order valence-corrected chi connectivity index (χ0v) is 17.2. The maximum atomic E-state index is 12.8. The highest BCUT2D eigenvalue weighted by Gasteiger charge is 2.24. The molecule has 0 aliphatic carbocycles. The van der Waals surface area contributed by atoms with E-state index in [2.05, 4.69) is 44.7 Å². The molecule has 140 valence electrons. The Kier molecular flexibility index (Phi) is 4.64. The summed E-state index contributed by atoms with van der Waals surface area (Å²) in [4.78, 5) is 21.9. The number of aryl methyl sites for hydroxylation is 4. The predicted octanol–water partition coefficient (Wildman–Crippen LogP) is 4.49. The summed E-state index contributed by atoms with van der Waals surface area (Å²) in [5.41, 5.74) is 6.84. The first-order chi connectivity index (χ1) is 12.9. The molecule has 3 aromatic rings. The number of aromatic nitrogens is 1. The van der Waals surface area contributed by atoms with Crippen LogP contribution in [0.4, 0.5) is 5.13 Å². The van der Waals surface area contributed by atoms with Gasteiger partial charge in [0.15, 0.2) is 5.13 Å². The first kappa shape index (κ1) is 18.0. The summed E-state index contributed by atoms with van der Waals surface area (Å²) in [5.74, 6) is 0.133. The second-order valence-corrected chi connectivity index (χ2v) is 8.49. The van der Waals surface area contributed by atoms with Crippen LogP contribution in [0.25, 0.3) is 10.2 Å². The number of carbonyl (C=O) groups is 1. The number of anilines is 1. The van der Waals surface area contributed by atoms with Crippen molar-refractivity contribution in [1.82, 2.24) is 9.88 Å². The maximum Gasteiger partial charge on any atom is 0.253 e. The summed E-state index contributed by atoms with van der Waals surface area (Å²) in [5, 5.41) is 1.06. The Morgan fingerprint density at radius 2 is 1.56 bits per heavy atom. The molecular weight excluding hydrogens is 354 g/mol. The third-order valence-electron chi connectivity index (χ3n) is 5.58. The van der Waals surface area contributed by atoms with E-state index in [0.29, 0.717) is 0 Å². The summed E-state index contributed by atoms with van der Waals surface area (Å²) < 4.78 is 1.24. The van der Waals surface area contributed by atoms with E-state index < -0.39 is 0 Å². The number of carbonyl (C=O) groups excluding carboxylic acids is 1. The molecule has 0 N–H and O–H groups in total. The highest BCUT2D eigenvalue weighted by Crippen LogP contribution is 2.31. The molecule has 0 bridgehead atoms. The molecule has 0 unspecified atom stereocenters. The highest BCUT2D eigenvalue weighted by molar-refractivity contribution is 7.22. The molecule has 5 heteroatoms. The minimum atomic E-state index is 0.133. The zero-order valence-electron chi connectivity index (χ0n) is 16.4. The van der Waals surface area contributed by atoms with E-state index in [1.165, 1.54) is 27.0 Å². The van der Waals surface area contributed by atoms with Crippen molar-refractivity contribution in [3.8, 4) is 0 Å². The largest absolute Gasteiger partial charge is 0.345 e. The van der Waals surface area contributed by atoms with Gasteiger partial charge in [0, 0.05) is 31.7 Å². The standard InChI is InChI=1S/C22H25N3OS/c1-14-5-6-18(11-15(14)2)21(26)24-7-9-25(10-8-24)22-23-19-12-16(3)17(4)13-20(19)27-22/h5-6,11-13H,7-10H2,1-4H3. The molecule has 1 aliphatic heterocycles. The third kappa shape index (κ3) is 3.44. The smallest absolute Gasteiger partial charge is 0.253 e. The van der Waals surface area contributed by atoms with Crippen molar-refractivity contribution < 1.29 is 4.79 Å². The van der Waals surface area contributed by atoms with Crippen LogP contribution < -0.4 is 4.90 Å². The van der Waals surface area contributed by atoms with Gasteiger partial charge in [0.05, 0.1) is 10.2 Å². The van der Waals surface area contributed by atoms with Crippen molar-refractivity contribution in [1.29, 1.82) is 0 Å². The zero-order chi connectivity index (χ0) is 19.1. The Morgan fingerprint density at radius 3 is 2.26 bits per heavy atom. The first-order valence-corrected chi connectivity index (χ1v) is 10.2. The molecule has 1 fully saturated rings. The van der Waals surface area contributed by atoms with Gasteiger partial charge < -0.3 is 9.80 Å². The molecule has 1 saturated heterocycles. The van der Waals surface area contributed by atoms with Crippen molar-refractivity contribution >= 4 is 32.6 Å². The molecule has 0 atom stereocenters. The van der Waals surface area contributed by atoms with Gasteiger partial charge in [-0.1, -0.05) is 17.4 Å². The van der Waals surface area contributed by atoms with Crippen LogP contribution in [0.3, 0.4) is 0 Å². The predicted molar refractivity (Wildman–Crippen MR) is 113 cm³/mol. The van der Waals surface area contributed by atoms with E-state index in [9.17, 15) is 4.79 Å². The molecule has 0 saturated carbocycles. The van der Waals surface area contributed by atoms with E-state index >= 15 is 0 Å². The normalized spacial score (nSPS) is 14.8. The molecule has 4 nitrogen and oxygen atoms in total. The van der Waals surface area contributed by atoms with Crippen LogP contribution in [0, 0.1) is 27.7 Å². The Balaban J connectivity index is 1.47. The minimum absolute atomic E-state index is 0.133. The highest BCUT2D eigenvalue weighted by atomic mass is 32.1. The van der Waals surface area contributed by atoms with E-state index in [1.54, 1.807) is 11.3 Å². The van der Waals surface area contributed by atoms with E-state index in [-0.39, 0.29) is 5.91 Å². The fourth-order valence-electron chi connectivity index (χ4n) is 3.46. The molecule has 4 rings (SSSR count). The quantitative estimate of drug-likeness (QED) is 0.658. The van der Waals surface area contributed by atoms with Crippen LogP contribution >= 0.6 is 11.3 Å². The van der Waals surface area contributed by atoms with Crippen LogP contribution in [0.1, 0.15) is 32.6 Å². The third-order valence-corrected chi connectivity index (χ3v) is 6.66. The molecule has 2 heterocycles. The maximum absolute atomic E-state index is 12.8. The Hall–Kier alpha value is -2.40. The van der Waals surface area contributed by atoms with Gasteiger partial charge in [-0.15, -0.1) is 0 Å². The number of piperazine rings is 1. The van der Waals surface area contributed by atoms with Crippen LogP contribution in [0.5, 0.6) is 0 Å². The Bertz CT molecular complexity index is 977. The summed E-state index contributed by atoms with van der Waals surface area (Å²) in [6.07, 6.45) is 0. The summed E-state index contributed by atoms with van der Waals surface area (Å²) >= 11 is 1.75. The van der Waals surface area contributed by atoms with Crippen molar-refractivity contribution in [3.63, 3.8) is 0 Å². The van der Waals surface area contributed by atoms with Gasteiger partial charge in [-0.05, 0) is 74.2 Å². The van der Waals surface area contributed by atoms with Gasteiger partial charge in [0.1, 0.15) is 0 Å². The number of fused-ring (bicyclic) bond motifs is 1. The number of thiazole rings is 1. The summed E-state index contributed by atoms with van der Waals surface area (Å²) in [6, 6.07) is 10.4. The number of rotatable bonds is 2. The number of amides is 1. The lowest BCUT2D eigenvalue weighted by atomic mass is 10.1. The number of nitrogens with zero attached hydrogens (tertiary/aromatic N) is 3. The summed E-state index contributed by atoms with van der Waals surface area (Å²) in [7, 11) is 0. The Morgan fingerprint density at radius 1 is 0.889 bits per heavy atom. The molecule has 2 aromatic carbocycles. The fraction of sp³-hybridized carbons (Fsp3) is 0.364. The lowest BCUT2D eigenvalue weighted by Crippen LogP contribution is -2.48. The SMILES string of the molecule is Cc1ccc(C(=O)N2CCN(c3nc4cc(C)c(C)cc4s3)CC2)cc1C. The van der Waals surface area contributed by atoms with E-state index in [0.717, 1.165) is 42.4 Å². The van der Waals surface area contributed by atoms with Crippen molar-refractivity contribution in [2.75, 3.05) is 31.1 Å². The van der Waals surface area contributed by atoms with Gasteiger partial charge in [0.2, 0.25) is 0 Å². The van der Waals surface area contributed by atoms with Crippen LogP contribution in [0.15, 0.2) is 30.3 Å². The van der Waals surface area contributed by atoms with Gasteiger partial charge >= 0.3 is 0 Å². The first-order valence-electron chi connectivity index (χ1n) is 9.41. The van der Waals surface area contributed by atoms with Gasteiger partial charge in [-0.2, -0.15) is 0 Å². The van der Waals surface area contributed by atoms with Crippen molar-refractivity contribution in [3.05, 3.63) is 58.1 Å². The fourth-order valence-corrected chi connectivity index (χ4v) is 4.56. The van der Waals surface area contributed by atoms with Crippen molar-refractivity contribution in [2.45, 2.75) is 27.7 Å². The van der Waals surface area contributed by atoms with E-state index in [1.807, 2.05) is 23.1 Å². The summed E-state index contributed by atoms with van der Waals surface area (Å²) in [6.45, 7) is 11.5. The Labute approximate surface area is 164 Å². The number of benzene rings is 2. The molecule has 27 heavy (non-hydrogen) atoms. The van der Waals surface area contributed by atoms with Gasteiger partial charge in [-0.3, -0.25) is 4.79 Å². The second-order valence-electron chi connectivity index (χ2n) is 7.48. The molecular formula is C22H25N3OS. The average molecular weight is 380 g/mol. The number of hydrogen-bond donors (Lipinski definition) is 0. The van der Waals surface area contributed by atoms with Crippen molar-refractivity contribution in [2.24, 2.45) is 0 Å². The number of hydrogen-bond acceptors (Lipinski definition) is 4. The second kappa shape index (κ2) is 6.97. The van der Waals surface area contributed by atoms with Crippen LogP contribution in [-0.4, -0.2) is 42.0 Å². The molecule has 1 aromatic heterocycles. The van der Waals surface area contributed by atoms with Gasteiger partial charge in [0.25, 0.3) is 5.91 Å².